The van der Waals surface area contributed by atoms with Crippen molar-refractivity contribution in [2.45, 2.75) is 25.5 Å². The number of hydrogen-bond donors (Lipinski definition) is 1. The van der Waals surface area contributed by atoms with Gasteiger partial charge in [-0.05, 0) is 41.8 Å². The molecule has 3 nitrogen and oxygen atoms in total. The van der Waals surface area contributed by atoms with Crippen LogP contribution in [0.15, 0.2) is 36.4 Å². The molecule has 0 radical (unpaired) electrons. The highest BCUT2D eigenvalue weighted by molar-refractivity contribution is 5.42. The Morgan fingerprint density at radius 3 is 2.62 bits per heavy atom. The molecule has 2 aromatic rings. The SMILES string of the molecule is COc1ccc2c(c1)C(N)C(Oc1ccc(C)c(F)c1)C2. The van der Waals surface area contributed by atoms with Gasteiger partial charge in [0.05, 0.1) is 13.2 Å². The molecule has 0 spiro atoms. The summed E-state index contributed by atoms with van der Waals surface area (Å²) in [7, 11) is 1.63. The molecule has 110 valence electrons. The Balaban J connectivity index is 1.81. The number of nitrogens with two attached hydrogens (primary N) is 1. The summed E-state index contributed by atoms with van der Waals surface area (Å²) in [6, 6.07) is 10.5. The summed E-state index contributed by atoms with van der Waals surface area (Å²) in [4.78, 5) is 0. The molecule has 0 saturated carbocycles. The van der Waals surface area contributed by atoms with E-state index < -0.39 is 0 Å². The summed E-state index contributed by atoms with van der Waals surface area (Å²) >= 11 is 0. The fourth-order valence-corrected chi connectivity index (χ4v) is 2.68. The van der Waals surface area contributed by atoms with Gasteiger partial charge < -0.3 is 15.2 Å². The molecule has 1 aliphatic rings. The minimum Gasteiger partial charge on any atom is -0.497 e. The Bertz CT molecular complexity index is 672. The van der Waals surface area contributed by atoms with Crippen LogP contribution in [-0.4, -0.2) is 13.2 Å². The highest BCUT2D eigenvalue weighted by Gasteiger charge is 2.31. The highest BCUT2D eigenvalue weighted by atomic mass is 19.1. The van der Waals surface area contributed by atoms with Gasteiger partial charge in [0.15, 0.2) is 0 Å². The average Bonchev–Trinajstić information content (AvgIpc) is 2.79. The topological polar surface area (TPSA) is 44.5 Å². The minimum absolute atomic E-state index is 0.186. The van der Waals surface area contributed by atoms with Gasteiger partial charge in [-0.25, -0.2) is 4.39 Å². The molecule has 2 N–H and O–H groups in total. The molecule has 0 amide bonds. The Morgan fingerprint density at radius 1 is 1.14 bits per heavy atom. The van der Waals surface area contributed by atoms with Crippen molar-refractivity contribution in [3.63, 3.8) is 0 Å². The summed E-state index contributed by atoms with van der Waals surface area (Å²) in [6.07, 6.45) is 0.532. The zero-order valence-corrected chi connectivity index (χ0v) is 12.1. The molecule has 2 unspecified atom stereocenters. The van der Waals surface area contributed by atoms with Gasteiger partial charge in [-0.1, -0.05) is 12.1 Å². The Hall–Kier alpha value is -2.07. The Kier molecular flexibility index (Phi) is 3.55. The number of methoxy groups -OCH3 is 1. The van der Waals surface area contributed by atoms with Crippen LogP contribution < -0.4 is 15.2 Å². The molecule has 0 aliphatic heterocycles. The van der Waals surface area contributed by atoms with Gasteiger partial charge in [0.25, 0.3) is 0 Å². The number of halogens is 1. The van der Waals surface area contributed by atoms with Crippen LogP contribution in [0.2, 0.25) is 0 Å². The molecule has 0 saturated heterocycles. The first-order valence-electron chi connectivity index (χ1n) is 6.93. The highest BCUT2D eigenvalue weighted by Crippen LogP contribution is 2.35. The maximum atomic E-state index is 13.6. The fraction of sp³-hybridized carbons (Fsp3) is 0.294. The summed E-state index contributed by atoms with van der Waals surface area (Å²) < 4.78 is 24.7. The maximum Gasteiger partial charge on any atom is 0.129 e. The van der Waals surface area contributed by atoms with Gasteiger partial charge in [0, 0.05) is 12.5 Å². The van der Waals surface area contributed by atoms with E-state index in [4.69, 9.17) is 15.2 Å². The molecule has 2 aromatic carbocycles. The number of rotatable bonds is 3. The van der Waals surface area contributed by atoms with Gasteiger partial charge in [0.2, 0.25) is 0 Å². The van der Waals surface area contributed by atoms with E-state index in [-0.39, 0.29) is 18.0 Å². The average molecular weight is 287 g/mol. The monoisotopic (exact) mass is 287 g/mol. The molecule has 2 atom stereocenters. The van der Waals surface area contributed by atoms with Crippen molar-refractivity contribution in [3.05, 3.63) is 58.9 Å². The van der Waals surface area contributed by atoms with E-state index in [1.807, 2.05) is 18.2 Å². The van der Waals surface area contributed by atoms with Crippen LogP contribution in [0.4, 0.5) is 4.39 Å². The van der Waals surface area contributed by atoms with Crippen LogP contribution >= 0.6 is 0 Å². The lowest BCUT2D eigenvalue weighted by Gasteiger charge is -2.18. The number of aryl methyl sites for hydroxylation is 1. The van der Waals surface area contributed by atoms with Crippen molar-refractivity contribution in [1.82, 2.24) is 0 Å². The molecule has 1 aliphatic carbocycles. The summed E-state index contributed by atoms with van der Waals surface area (Å²) in [6.45, 7) is 1.72. The van der Waals surface area contributed by atoms with Crippen molar-refractivity contribution < 1.29 is 13.9 Å². The van der Waals surface area contributed by atoms with E-state index in [1.54, 1.807) is 26.2 Å². The van der Waals surface area contributed by atoms with Crippen LogP contribution in [0.1, 0.15) is 22.7 Å². The molecule has 3 rings (SSSR count). The third kappa shape index (κ3) is 2.59. The van der Waals surface area contributed by atoms with Gasteiger partial charge in [0.1, 0.15) is 23.4 Å². The summed E-state index contributed by atoms with van der Waals surface area (Å²) in [5, 5.41) is 0. The first-order valence-corrected chi connectivity index (χ1v) is 6.93. The van der Waals surface area contributed by atoms with Crippen molar-refractivity contribution in [2.24, 2.45) is 5.73 Å². The quantitative estimate of drug-likeness (QED) is 0.943. The smallest absolute Gasteiger partial charge is 0.129 e. The number of hydrogen-bond acceptors (Lipinski definition) is 3. The van der Waals surface area contributed by atoms with E-state index in [9.17, 15) is 4.39 Å². The van der Waals surface area contributed by atoms with Crippen LogP contribution in [0.5, 0.6) is 11.5 Å². The van der Waals surface area contributed by atoms with Crippen LogP contribution in [0, 0.1) is 12.7 Å². The Labute approximate surface area is 123 Å². The van der Waals surface area contributed by atoms with Gasteiger partial charge >= 0.3 is 0 Å². The van der Waals surface area contributed by atoms with Gasteiger partial charge in [-0.15, -0.1) is 0 Å². The van der Waals surface area contributed by atoms with Crippen molar-refractivity contribution in [3.8, 4) is 11.5 Å². The normalized spacial score (nSPS) is 20.2. The van der Waals surface area contributed by atoms with E-state index in [0.29, 0.717) is 11.3 Å². The fourth-order valence-electron chi connectivity index (χ4n) is 2.68. The molecule has 0 heterocycles. The second-order valence-electron chi connectivity index (χ2n) is 5.36. The van der Waals surface area contributed by atoms with E-state index in [1.165, 1.54) is 6.07 Å². The first kappa shape index (κ1) is 13.9. The molecular formula is C17H18FNO2. The second-order valence-corrected chi connectivity index (χ2v) is 5.36. The zero-order chi connectivity index (χ0) is 15.0. The van der Waals surface area contributed by atoms with Crippen LogP contribution in [0.3, 0.4) is 0 Å². The third-order valence-corrected chi connectivity index (χ3v) is 3.96. The van der Waals surface area contributed by atoms with Crippen molar-refractivity contribution in [2.75, 3.05) is 7.11 Å². The first-order chi connectivity index (χ1) is 10.1. The van der Waals surface area contributed by atoms with Crippen LogP contribution in [-0.2, 0) is 6.42 Å². The molecular weight excluding hydrogens is 269 g/mol. The lowest BCUT2D eigenvalue weighted by Crippen LogP contribution is -2.27. The minimum atomic E-state index is -0.266. The number of fused-ring (bicyclic) bond motifs is 1. The van der Waals surface area contributed by atoms with E-state index in [2.05, 4.69) is 0 Å². The largest absolute Gasteiger partial charge is 0.497 e. The van der Waals surface area contributed by atoms with Crippen molar-refractivity contribution >= 4 is 0 Å². The standard InChI is InChI=1S/C17H18FNO2/c1-10-3-5-13(9-15(10)18)21-16-7-11-4-6-12(20-2)8-14(11)17(16)19/h3-6,8-9,16-17H,7,19H2,1-2H3. The number of ether oxygens (including phenoxy) is 2. The van der Waals surface area contributed by atoms with Gasteiger partial charge in [-0.3, -0.25) is 0 Å². The summed E-state index contributed by atoms with van der Waals surface area (Å²) in [5.74, 6) is 1.03. The van der Waals surface area contributed by atoms with E-state index >= 15 is 0 Å². The predicted molar refractivity (Wildman–Crippen MR) is 79.2 cm³/mol. The number of benzene rings is 2. The molecule has 4 heteroatoms. The van der Waals surface area contributed by atoms with E-state index in [0.717, 1.165) is 23.3 Å². The van der Waals surface area contributed by atoms with Crippen molar-refractivity contribution in [1.29, 1.82) is 0 Å². The molecule has 0 bridgehead atoms. The van der Waals surface area contributed by atoms with Crippen LogP contribution in [0.25, 0.3) is 0 Å². The maximum absolute atomic E-state index is 13.6. The molecule has 0 aromatic heterocycles. The molecule has 21 heavy (non-hydrogen) atoms. The molecule has 0 fully saturated rings. The Morgan fingerprint density at radius 2 is 1.90 bits per heavy atom. The second kappa shape index (κ2) is 5.37. The third-order valence-electron chi connectivity index (χ3n) is 3.96. The zero-order valence-electron chi connectivity index (χ0n) is 12.1. The lowest BCUT2D eigenvalue weighted by atomic mass is 10.1. The van der Waals surface area contributed by atoms with Gasteiger partial charge in [-0.2, -0.15) is 0 Å². The lowest BCUT2D eigenvalue weighted by molar-refractivity contribution is 0.184. The predicted octanol–water partition coefficient (Wildman–Crippen LogP) is 3.15. The summed E-state index contributed by atoms with van der Waals surface area (Å²) in [5.41, 5.74) is 9.05.